The monoisotopic (exact) mass is 268 g/mol. The first-order valence-corrected chi connectivity index (χ1v) is 6.20. The zero-order valence-electron chi connectivity index (χ0n) is 8.49. The Bertz CT molecular complexity index is 375. The maximum Gasteiger partial charge on any atom is 0.348 e. The minimum atomic E-state index is -3.75. The Labute approximate surface area is 99.7 Å². The third-order valence-electron chi connectivity index (χ3n) is 1.97. The first-order chi connectivity index (χ1) is 7.30. The molecule has 90 valence electrons. The summed E-state index contributed by atoms with van der Waals surface area (Å²) in [4.78, 5) is 0.394. The molecule has 1 rings (SSSR count). The van der Waals surface area contributed by atoms with Crippen molar-refractivity contribution in [2.24, 2.45) is 0 Å². The molecular formula is C10H11ClF2O2S. The highest BCUT2D eigenvalue weighted by Gasteiger charge is 2.36. The summed E-state index contributed by atoms with van der Waals surface area (Å²) >= 11 is 4.62. The van der Waals surface area contributed by atoms with E-state index < -0.39 is 28.0 Å². The van der Waals surface area contributed by atoms with Crippen LogP contribution < -0.4 is 0 Å². The molecule has 0 amide bonds. The van der Waals surface area contributed by atoms with Crippen molar-refractivity contribution in [3.63, 3.8) is 0 Å². The summed E-state index contributed by atoms with van der Waals surface area (Å²) in [6.07, 6.45) is -2.11. The fourth-order valence-electron chi connectivity index (χ4n) is 1.02. The van der Waals surface area contributed by atoms with E-state index in [1.54, 1.807) is 24.3 Å². The maximum absolute atomic E-state index is 12.4. The highest BCUT2D eigenvalue weighted by molar-refractivity contribution is 7.85. The summed E-state index contributed by atoms with van der Waals surface area (Å²) in [5, 5.41) is 5.25. The number of rotatable bonds is 4. The van der Waals surface area contributed by atoms with Gasteiger partial charge in [-0.2, -0.15) is 8.78 Å². The van der Waals surface area contributed by atoms with E-state index in [1.165, 1.54) is 0 Å². The third-order valence-corrected chi connectivity index (χ3v) is 3.64. The molecule has 0 saturated carbocycles. The van der Waals surface area contributed by atoms with Crippen LogP contribution in [0.15, 0.2) is 29.2 Å². The van der Waals surface area contributed by atoms with Crippen LogP contribution in [0.2, 0.25) is 0 Å². The van der Waals surface area contributed by atoms with Crippen molar-refractivity contribution in [2.75, 3.05) is 5.75 Å². The minimum absolute atomic E-state index is 0.394. The summed E-state index contributed by atoms with van der Waals surface area (Å²) < 4.78 is 36.4. The molecule has 0 aliphatic carbocycles. The van der Waals surface area contributed by atoms with Crippen molar-refractivity contribution >= 4 is 22.4 Å². The van der Waals surface area contributed by atoms with Crippen LogP contribution in [0.5, 0.6) is 0 Å². The second-order valence-electron chi connectivity index (χ2n) is 3.38. The number of hydrogen-bond acceptors (Lipinski definition) is 2. The van der Waals surface area contributed by atoms with Gasteiger partial charge >= 0.3 is 5.38 Å². The van der Waals surface area contributed by atoms with Gasteiger partial charge in [-0.3, -0.25) is 4.21 Å². The van der Waals surface area contributed by atoms with E-state index in [-0.39, 0.29) is 0 Å². The highest BCUT2D eigenvalue weighted by Crippen LogP contribution is 2.25. The SMILES string of the molecule is Cc1ccc(S(=O)C[C@@H](O)C(F)(F)Cl)cc1. The van der Waals surface area contributed by atoms with Crippen LogP contribution in [-0.4, -0.2) is 26.6 Å². The van der Waals surface area contributed by atoms with E-state index in [0.717, 1.165) is 5.56 Å². The lowest BCUT2D eigenvalue weighted by molar-refractivity contribution is -0.0277. The van der Waals surface area contributed by atoms with Crippen molar-refractivity contribution in [1.82, 2.24) is 0 Å². The second-order valence-corrected chi connectivity index (χ2v) is 5.38. The van der Waals surface area contributed by atoms with Crippen LogP contribution in [0.3, 0.4) is 0 Å². The topological polar surface area (TPSA) is 37.3 Å². The number of benzene rings is 1. The van der Waals surface area contributed by atoms with Crippen LogP contribution in [0.25, 0.3) is 0 Å². The molecule has 0 saturated heterocycles. The molecule has 0 aromatic heterocycles. The van der Waals surface area contributed by atoms with E-state index in [9.17, 15) is 13.0 Å². The van der Waals surface area contributed by atoms with Crippen molar-refractivity contribution in [3.05, 3.63) is 29.8 Å². The van der Waals surface area contributed by atoms with Gasteiger partial charge in [-0.25, -0.2) is 0 Å². The molecule has 0 fully saturated rings. The molecule has 0 spiro atoms. The standard InChI is InChI=1S/C10H11ClF2O2S/c1-7-2-4-8(5-3-7)16(15)6-9(14)10(11,12)13/h2-5,9,14H,6H2,1H3/t9-,16?/m1/s1. The van der Waals surface area contributed by atoms with Gasteiger partial charge in [-0.1, -0.05) is 17.7 Å². The summed E-state index contributed by atoms with van der Waals surface area (Å²) in [7, 11) is -1.68. The second kappa shape index (κ2) is 5.21. The zero-order chi connectivity index (χ0) is 12.3. The Kier molecular flexibility index (Phi) is 4.41. The number of aliphatic hydroxyl groups excluding tert-OH is 1. The quantitative estimate of drug-likeness (QED) is 0.851. The van der Waals surface area contributed by atoms with Gasteiger partial charge in [0.15, 0.2) is 0 Å². The number of halogens is 3. The largest absolute Gasteiger partial charge is 0.384 e. The number of aliphatic hydroxyl groups is 1. The van der Waals surface area contributed by atoms with E-state index in [0.29, 0.717) is 4.90 Å². The van der Waals surface area contributed by atoms with Crippen LogP contribution in [0.4, 0.5) is 8.78 Å². The molecule has 0 aliphatic rings. The van der Waals surface area contributed by atoms with Gasteiger partial charge in [0, 0.05) is 4.90 Å². The van der Waals surface area contributed by atoms with E-state index in [4.69, 9.17) is 5.11 Å². The Morgan fingerprint density at radius 1 is 1.44 bits per heavy atom. The maximum atomic E-state index is 12.4. The highest BCUT2D eigenvalue weighted by atomic mass is 35.5. The average Bonchev–Trinajstić information content (AvgIpc) is 2.17. The Balaban J connectivity index is 2.70. The molecule has 1 aromatic rings. The van der Waals surface area contributed by atoms with Crippen molar-refractivity contribution in [1.29, 1.82) is 0 Å². The van der Waals surface area contributed by atoms with E-state index in [2.05, 4.69) is 11.6 Å². The zero-order valence-corrected chi connectivity index (χ0v) is 10.1. The minimum Gasteiger partial charge on any atom is -0.384 e. The van der Waals surface area contributed by atoms with Gasteiger partial charge in [0.05, 0.1) is 16.6 Å². The molecule has 6 heteroatoms. The molecule has 2 atom stereocenters. The van der Waals surface area contributed by atoms with E-state index >= 15 is 0 Å². The van der Waals surface area contributed by atoms with Gasteiger partial charge in [-0.15, -0.1) is 0 Å². The van der Waals surface area contributed by atoms with Crippen LogP contribution >= 0.6 is 11.6 Å². The number of aryl methyl sites for hydroxylation is 1. The van der Waals surface area contributed by atoms with Crippen LogP contribution in [-0.2, 0) is 10.8 Å². The first-order valence-electron chi connectivity index (χ1n) is 4.50. The van der Waals surface area contributed by atoms with Gasteiger partial charge in [-0.05, 0) is 30.7 Å². The summed E-state index contributed by atoms with van der Waals surface area (Å²) in [6, 6.07) is 6.59. The Morgan fingerprint density at radius 3 is 2.38 bits per heavy atom. The molecular weight excluding hydrogens is 258 g/mol. The number of hydrogen-bond donors (Lipinski definition) is 1. The summed E-state index contributed by atoms with van der Waals surface area (Å²) in [5.74, 6) is -0.584. The predicted octanol–water partition coefficient (Wildman–Crippen LogP) is 2.30. The lowest BCUT2D eigenvalue weighted by Crippen LogP contribution is -2.32. The summed E-state index contributed by atoms with van der Waals surface area (Å²) in [6.45, 7) is 1.86. The van der Waals surface area contributed by atoms with Gasteiger partial charge in [0.1, 0.15) is 6.10 Å². The molecule has 1 unspecified atom stereocenters. The predicted molar refractivity (Wildman–Crippen MR) is 59.3 cm³/mol. The normalized spacial score (nSPS) is 15.8. The average molecular weight is 269 g/mol. The van der Waals surface area contributed by atoms with Gasteiger partial charge < -0.3 is 5.11 Å². The fraction of sp³-hybridized carbons (Fsp3) is 0.400. The molecule has 0 bridgehead atoms. The Hall–Kier alpha value is -0.520. The Morgan fingerprint density at radius 2 is 1.94 bits per heavy atom. The van der Waals surface area contributed by atoms with Crippen LogP contribution in [0.1, 0.15) is 5.56 Å². The third kappa shape index (κ3) is 3.81. The van der Waals surface area contributed by atoms with Crippen molar-refractivity contribution in [2.45, 2.75) is 23.3 Å². The lowest BCUT2D eigenvalue weighted by atomic mass is 10.2. The molecule has 0 radical (unpaired) electrons. The first kappa shape index (κ1) is 13.5. The van der Waals surface area contributed by atoms with E-state index in [1.807, 2.05) is 6.92 Å². The van der Waals surface area contributed by atoms with Crippen LogP contribution in [0, 0.1) is 6.92 Å². The van der Waals surface area contributed by atoms with Crippen molar-refractivity contribution < 1.29 is 18.1 Å². The molecule has 0 heterocycles. The molecule has 1 aromatic carbocycles. The molecule has 16 heavy (non-hydrogen) atoms. The lowest BCUT2D eigenvalue weighted by Gasteiger charge is -2.15. The molecule has 2 nitrogen and oxygen atoms in total. The fourth-order valence-corrected chi connectivity index (χ4v) is 2.32. The molecule has 1 N–H and O–H groups in total. The molecule has 0 aliphatic heterocycles. The van der Waals surface area contributed by atoms with Crippen molar-refractivity contribution in [3.8, 4) is 0 Å². The summed E-state index contributed by atoms with van der Waals surface area (Å²) in [5.41, 5.74) is 0.976. The number of alkyl halides is 3. The van der Waals surface area contributed by atoms with Gasteiger partial charge in [0.25, 0.3) is 0 Å². The smallest absolute Gasteiger partial charge is 0.348 e. The van der Waals surface area contributed by atoms with Gasteiger partial charge in [0.2, 0.25) is 0 Å².